The molecule has 0 saturated carbocycles. The van der Waals surface area contributed by atoms with Crippen LogP contribution in [0.15, 0.2) is 94.5 Å². The highest BCUT2D eigenvalue weighted by Gasteiger charge is 2.20. The lowest BCUT2D eigenvalue weighted by molar-refractivity contribution is -0.132. The highest BCUT2D eigenvalue weighted by Crippen LogP contribution is 2.35. The van der Waals surface area contributed by atoms with Gasteiger partial charge in [-0.25, -0.2) is 10.2 Å². The zero-order chi connectivity index (χ0) is 31.9. The molecule has 11 heteroatoms. The number of aromatic nitrogens is 1. The van der Waals surface area contributed by atoms with E-state index in [4.69, 9.17) is 18.9 Å². The van der Waals surface area contributed by atoms with Crippen LogP contribution in [0.4, 0.5) is 0 Å². The fraction of sp³-hybridized carbons (Fsp3) is 0.118. The number of esters is 2. The Hall–Kier alpha value is -5.42. The van der Waals surface area contributed by atoms with Crippen LogP contribution >= 0.6 is 15.9 Å². The first kappa shape index (κ1) is 31.0. The van der Waals surface area contributed by atoms with Crippen molar-refractivity contribution in [1.29, 1.82) is 0 Å². The minimum atomic E-state index is -0.680. The minimum Gasteiger partial charge on any atom is -0.494 e. The van der Waals surface area contributed by atoms with E-state index in [1.807, 2.05) is 55.5 Å². The Balaban J connectivity index is 1.39. The number of fused-ring (bicyclic) bond motifs is 1. The number of nitrogens with zero attached hydrogens (tertiary/aromatic N) is 1. The zero-order valence-electron chi connectivity index (χ0n) is 24.6. The predicted octanol–water partition coefficient (Wildman–Crippen LogP) is 6.91. The van der Waals surface area contributed by atoms with Gasteiger partial charge in [0.15, 0.2) is 11.5 Å². The quantitative estimate of drug-likeness (QED) is 0.0715. The number of hydrogen-bond donors (Lipinski definition) is 2. The third-order valence-electron chi connectivity index (χ3n) is 6.57. The molecule has 45 heavy (non-hydrogen) atoms. The van der Waals surface area contributed by atoms with Gasteiger partial charge in [-0.05, 0) is 67.1 Å². The molecule has 0 unspecified atom stereocenters. The normalized spacial score (nSPS) is 10.9. The zero-order valence-corrected chi connectivity index (χ0v) is 26.1. The SMILES string of the molecule is CCOc1ccc2[nH]c(C(=O)NN=Cc3cc(Br)ccc3OC(=O)c3ccc(OC(C)=O)c(OC)c3)c(-c3ccccc3)c2c1. The maximum atomic E-state index is 13.5. The van der Waals surface area contributed by atoms with Gasteiger partial charge >= 0.3 is 11.9 Å². The Morgan fingerprint density at radius 1 is 0.911 bits per heavy atom. The maximum Gasteiger partial charge on any atom is 0.343 e. The van der Waals surface area contributed by atoms with Gasteiger partial charge in [0.1, 0.15) is 17.2 Å². The fourth-order valence-electron chi connectivity index (χ4n) is 4.62. The first-order valence-electron chi connectivity index (χ1n) is 13.8. The van der Waals surface area contributed by atoms with Crippen LogP contribution in [0.25, 0.3) is 22.0 Å². The number of carbonyl (C=O) groups excluding carboxylic acids is 3. The van der Waals surface area contributed by atoms with Crippen molar-refractivity contribution in [1.82, 2.24) is 10.4 Å². The molecule has 2 N–H and O–H groups in total. The summed E-state index contributed by atoms with van der Waals surface area (Å²) in [5.41, 5.74) is 5.83. The average Bonchev–Trinajstić information content (AvgIpc) is 3.41. The smallest absolute Gasteiger partial charge is 0.343 e. The Morgan fingerprint density at radius 2 is 1.69 bits per heavy atom. The van der Waals surface area contributed by atoms with Crippen molar-refractivity contribution in [3.63, 3.8) is 0 Å². The van der Waals surface area contributed by atoms with Gasteiger partial charge in [0.05, 0.1) is 25.5 Å². The molecule has 0 saturated heterocycles. The second-order valence-corrected chi connectivity index (χ2v) is 10.5. The third kappa shape index (κ3) is 7.22. The highest BCUT2D eigenvalue weighted by molar-refractivity contribution is 9.10. The third-order valence-corrected chi connectivity index (χ3v) is 7.06. The molecule has 0 spiro atoms. The molecular formula is C34H28BrN3O7. The second-order valence-electron chi connectivity index (χ2n) is 9.61. The number of methoxy groups -OCH3 is 1. The molecule has 10 nitrogen and oxygen atoms in total. The number of ether oxygens (including phenoxy) is 4. The molecule has 1 amide bonds. The number of nitrogens with one attached hydrogen (secondary N) is 2. The molecule has 0 aliphatic carbocycles. The summed E-state index contributed by atoms with van der Waals surface area (Å²) >= 11 is 3.42. The van der Waals surface area contributed by atoms with E-state index in [0.717, 1.165) is 16.5 Å². The minimum absolute atomic E-state index is 0.168. The molecule has 228 valence electrons. The van der Waals surface area contributed by atoms with Gasteiger partial charge in [-0.2, -0.15) is 5.10 Å². The van der Waals surface area contributed by atoms with E-state index in [1.165, 1.54) is 38.4 Å². The predicted molar refractivity (Wildman–Crippen MR) is 173 cm³/mol. The van der Waals surface area contributed by atoms with Gasteiger partial charge < -0.3 is 23.9 Å². The monoisotopic (exact) mass is 669 g/mol. The molecule has 1 heterocycles. The summed E-state index contributed by atoms with van der Waals surface area (Å²) in [5.74, 6) is -0.403. The Kier molecular flexibility index (Phi) is 9.59. The fourth-order valence-corrected chi connectivity index (χ4v) is 5.00. The molecule has 5 rings (SSSR count). The molecule has 0 aliphatic heterocycles. The number of hydrazone groups is 1. The van der Waals surface area contributed by atoms with E-state index in [9.17, 15) is 14.4 Å². The van der Waals surface area contributed by atoms with Crippen LogP contribution in [-0.4, -0.2) is 42.8 Å². The van der Waals surface area contributed by atoms with E-state index >= 15 is 0 Å². The van der Waals surface area contributed by atoms with Gasteiger partial charge in [-0.15, -0.1) is 0 Å². The first-order valence-corrected chi connectivity index (χ1v) is 14.6. The summed E-state index contributed by atoms with van der Waals surface area (Å²) in [4.78, 5) is 41.0. The van der Waals surface area contributed by atoms with E-state index in [2.05, 4.69) is 31.4 Å². The lowest BCUT2D eigenvalue weighted by atomic mass is 10.0. The number of aromatic amines is 1. The number of carbonyl (C=O) groups is 3. The van der Waals surface area contributed by atoms with E-state index in [-0.39, 0.29) is 22.8 Å². The molecule has 0 aliphatic rings. The summed E-state index contributed by atoms with van der Waals surface area (Å²) in [6, 6.07) is 24.5. The largest absolute Gasteiger partial charge is 0.494 e. The van der Waals surface area contributed by atoms with E-state index in [1.54, 1.807) is 18.2 Å². The molecule has 0 radical (unpaired) electrons. The standard InChI is InChI=1S/C34H28BrN3O7/c1-4-43-25-12-13-27-26(18-25)31(21-8-6-5-7-9-21)32(37-27)33(40)38-36-19-23-16-24(35)11-15-28(23)45-34(41)22-10-14-29(44-20(2)39)30(17-22)42-3/h5-19,37H,4H2,1-3H3,(H,38,40). The summed E-state index contributed by atoms with van der Waals surface area (Å²) in [6.45, 7) is 3.69. The van der Waals surface area contributed by atoms with Crippen molar-refractivity contribution in [2.45, 2.75) is 13.8 Å². The van der Waals surface area contributed by atoms with Gasteiger partial charge in [0.25, 0.3) is 5.91 Å². The summed E-state index contributed by atoms with van der Waals surface area (Å²) < 4.78 is 22.4. The van der Waals surface area contributed by atoms with Crippen molar-refractivity contribution in [2.75, 3.05) is 13.7 Å². The number of H-pyrrole nitrogens is 1. The van der Waals surface area contributed by atoms with E-state index in [0.29, 0.717) is 33.6 Å². The Bertz CT molecular complexity index is 1920. The van der Waals surface area contributed by atoms with Crippen molar-refractivity contribution >= 4 is 50.9 Å². The lowest BCUT2D eigenvalue weighted by Gasteiger charge is -2.11. The topological polar surface area (TPSA) is 128 Å². The number of hydrogen-bond acceptors (Lipinski definition) is 8. The summed E-state index contributed by atoms with van der Waals surface area (Å²) in [5, 5.41) is 5.00. The molecular weight excluding hydrogens is 642 g/mol. The van der Waals surface area contributed by atoms with Crippen LogP contribution in [0, 0.1) is 0 Å². The van der Waals surface area contributed by atoms with Crippen molar-refractivity contribution in [2.24, 2.45) is 5.10 Å². The Morgan fingerprint density at radius 3 is 2.42 bits per heavy atom. The van der Waals surface area contributed by atoms with Crippen LogP contribution in [0.2, 0.25) is 0 Å². The number of halogens is 1. The van der Waals surface area contributed by atoms with Crippen LogP contribution in [0.1, 0.15) is 40.3 Å². The number of rotatable bonds is 10. The summed E-state index contributed by atoms with van der Waals surface area (Å²) in [6.07, 6.45) is 1.38. The Labute approximate surface area is 267 Å². The first-order chi connectivity index (χ1) is 21.8. The van der Waals surface area contributed by atoms with Crippen LogP contribution in [0.5, 0.6) is 23.0 Å². The van der Waals surface area contributed by atoms with E-state index < -0.39 is 17.8 Å². The van der Waals surface area contributed by atoms with Crippen LogP contribution in [-0.2, 0) is 4.79 Å². The van der Waals surface area contributed by atoms with Crippen LogP contribution < -0.4 is 24.4 Å². The maximum absolute atomic E-state index is 13.5. The van der Waals surface area contributed by atoms with Crippen molar-refractivity contribution < 1.29 is 33.3 Å². The van der Waals surface area contributed by atoms with Crippen LogP contribution in [0.3, 0.4) is 0 Å². The molecule has 0 bridgehead atoms. The molecule has 4 aromatic carbocycles. The van der Waals surface area contributed by atoms with Crippen molar-refractivity contribution in [3.05, 3.63) is 106 Å². The molecule has 1 aromatic heterocycles. The van der Waals surface area contributed by atoms with Gasteiger partial charge in [-0.1, -0.05) is 46.3 Å². The molecule has 5 aromatic rings. The second kappa shape index (κ2) is 13.9. The van der Waals surface area contributed by atoms with Gasteiger partial charge in [0, 0.05) is 33.4 Å². The number of amides is 1. The molecule has 0 atom stereocenters. The van der Waals surface area contributed by atoms with Gasteiger partial charge in [-0.3, -0.25) is 9.59 Å². The lowest BCUT2D eigenvalue weighted by Crippen LogP contribution is -2.19. The van der Waals surface area contributed by atoms with Gasteiger partial charge in [0.2, 0.25) is 0 Å². The summed E-state index contributed by atoms with van der Waals surface area (Å²) in [7, 11) is 1.39. The average molecular weight is 671 g/mol. The molecule has 0 fully saturated rings. The number of benzene rings is 4. The highest BCUT2D eigenvalue weighted by atomic mass is 79.9. The van der Waals surface area contributed by atoms with Crippen molar-refractivity contribution in [3.8, 4) is 34.1 Å².